The summed E-state index contributed by atoms with van der Waals surface area (Å²) in [4.78, 5) is 5.38. The van der Waals surface area contributed by atoms with Crippen molar-refractivity contribution in [2.45, 2.75) is 32.1 Å². The Hall–Kier alpha value is -0.840. The lowest BCUT2D eigenvalue weighted by Gasteiger charge is -2.24. The van der Waals surface area contributed by atoms with Gasteiger partial charge in [-0.25, -0.2) is 4.98 Å². The van der Waals surface area contributed by atoms with Crippen LogP contribution in [0.15, 0.2) is 17.2 Å². The van der Waals surface area contributed by atoms with Crippen LogP contribution < -0.4 is 5.32 Å². The number of thiazole rings is 1. The van der Waals surface area contributed by atoms with Gasteiger partial charge in [0, 0.05) is 18.1 Å². The van der Waals surface area contributed by atoms with Crippen LogP contribution in [0.3, 0.4) is 0 Å². The third kappa shape index (κ3) is 2.78. The van der Waals surface area contributed by atoms with Gasteiger partial charge in [0.1, 0.15) is 0 Å². The molecule has 20 heavy (non-hydrogen) atoms. The standard InChI is InChI=1S/C15H20ClN3S/c1-17-10-12(11-5-3-2-4-6-11)9-13-14(16)18-15-19(13)7-8-20-15/h7-9,11,17H,2-6,10H2,1H3/b12-9-. The summed E-state index contributed by atoms with van der Waals surface area (Å²) in [5, 5.41) is 5.96. The van der Waals surface area contributed by atoms with Gasteiger partial charge in [0.2, 0.25) is 0 Å². The van der Waals surface area contributed by atoms with E-state index in [9.17, 15) is 0 Å². The molecule has 0 saturated heterocycles. The maximum Gasteiger partial charge on any atom is 0.195 e. The van der Waals surface area contributed by atoms with Gasteiger partial charge in [0.15, 0.2) is 10.1 Å². The van der Waals surface area contributed by atoms with Crippen molar-refractivity contribution in [1.29, 1.82) is 0 Å². The molecule has 0 unspecified atom stereocenters. The number of hydrogen-bond donors (Lipinski definition) is 1. The minimum atomic E-state index is 0.612. The zero-order valence-electron chi connectivity index (χ0n) is 11.7. The molecule has 5 heteroatoms. The molecule has 0 amide bonds. The van der Waals surface area contributed by atoms with Crippen LogP contribution >= 0.6 is 22.9 Å². The summed E-state index contributed by atoms with van der Waals surface area (Å²) in [7, 11) is 2.01. The maximum atomic E-state index is 6.30. The van der Waals surface area contributed by atoms with Crippen LogP contribution in [-0.2, 0) is 0 Å². The van der Waals surface area contributed by atoms with E-state index in [-0.39, 0.29) is 0 Å². The van der Waals surface area contributed by atoms with Crippen molar-refractivity contribution >= 4 is 34.0 Å². The minimum Gasteiger partial charge on any atom is -0.316 e. The summed E-state index contributed by atoms with van der Waals surface area (Å²) in [5.41, 5.74) is 2.49. The molecule has 0 aromatic carbocycles. The third-order valence-electron chi connectivity index (χ3n) is 4.09. The van der Waals surface area contributed by atoms with E-state index in [0.717, 1.165) is 17.2 Å². The van der Waals surface area contributed by atoms with Gasteiger partial charge in [-0.1, -0.05) is 36.4 Å². The predicted molar refractivity (Wildman–Crippen MR) is 86.6 cm³/mol. The number of hydrogen-bond acceptors (Lipinski definition) is 3. The number of nitrogens with zero attached hydrogens (tertiary/aromatic N) is 2. The Balaban J connectivity index is 1.96. The van der Waals surface area contributed by atoms with E-state index in [4.69, 9.17) is 11.6 Å². The van der Waals surface area contributed by atoms with Gasteiger partial charge in [0.05, 0.1) is 5.69 Å². The number of nitrogens with one attached hydrogen (secondary N) is 1. The van der Waals surface area contributed by atoms with Crippen LogP contribution in [-0.4, -0.2) is 23.0 Å². The zero-order chi connectivity index (χ0) is 13.9. The molecule has 2 heterocycles. The van der Waals surface area contributed by atoms with Gasteiger partial charge in [-0.2, -0.15) is 0 Å². The minimum absolute atomic E-state index is 0.612. The molecule has 1 aliphatic rings. The van der Waals surface area contributed by atoms with E-state index in [2.05, 4.69) is 20.8 Å². The normalized spacial score (nSPS) is 18.0. The van der Waals surface area contributed by atoms with E-state index in [1.54, 1.807) is 11.3 Å². The average Bonchev–Trinajstić information content (AvgIpc) is 3.02. The van der Waals surface area contributed by atoms with Crippen LogP contribution in [0.2, 0.25) is 5.15 Å². The van der Waals surface area contributed by atoms with E-state index in [1.165, 1.54) is 37.7 Å². The fourth-order valence-corrected chi connectivity index (χ4v) is 4.07. The van der Waals surface area contributed by atoms with Crippen LogP contribution in [0.25, 0.3) is 11.0 Å². The number of imidazole rings is 1. The van der Waals surface area contributed by atoms with Gasteiger partial charge in [-0.3, -0.25) is 4.40 Å². The molecular weight excluding hydrogens is 290 g/mol. The fourth-order valence-electron chi connectivity index (χ4n) is 3.07. The molecule has 1 fully saturated rings. The van der Waals surface area contributed by atoms with Crippen molar-refractivity contribution in [3.8, 4) is 0 Å². The topological polar surface area (TPSA) is 29.3 Å². The Morgan fingerprint density at radius 1 is 1.50 bits per heavy atom. The Bertz CT molecular complexity index is 608. The highest BCUT2D eigenvalue weighted by molar-refractivity contribution is 7.15. The quantitative estimate of drug-likeness (QED) is 0.915. The first-order valence-corrected chi connectivity index (χ1v) is 8.51. The lowest BCUT2D eigenvalue weighted by Crippen LogP contribution is -2.19. The highest BCUT2D eigenvalue weighted by Gasteiger charge is 2.19. The molecule has 3 rings (SSSR count). The summed E-state index contributed by atoms with van der Waals surface area (Å²) in [6, 6.07) is 0. The summed E-state index contributed by atoms with van der Waals surface area (Å²) in [5.74, 6) is 0.691. The number of fused-ring (bicyclic) bond motifs is 1. The predicted octanol–water partition coefficient (Wildman–Crippen LogP) is 4.23. The first kappa shape index (κ1) is 14.1. The summed E-state index contributed by atoms with van der Waals surface area (Å²) >= 11 is 7.92. The molecular formula is C15H20ClN3S. The molecule has 0 bridgehead atoms. The number of halogens is 1. The number of aromatic nitrogens is 2. The van der Waals surface area contributed by atoms with E-state index in [0.29, 0.717) is 11.1 Å². The Morgan fingerprint density at radius 2 is 2.30 bits per heavy atom. The Morgan fingerprint density at radius 3 is 3.05 bits per heavy atom. The van der Waals surface area contributed by atoms with Gasteiger partial charge >= 0.3 is 0 Å². The maximum absolute atomic E-state index is 6.30. The van der Waals surface area contributed by atoms with E-state index < -0.39 is 0 Å². The number of rotatable bonds is 4. The van der Waals surface area contributed by atoms with Crippen LogP contribution in [0, 0.1) is 5.92 Å². The second-order valence-corrected chi connectivity index (χ2v) is 6.66. The highest BCUT2D eigenvalue weighted by Crippen LogP contribution is 2.32. The molecule has 0 spiro atoms. The second-order valence-electron chi connectivity index (χ2n) is 5.43. The van der Waals surface area contributed by atoms with Crippen molar-refractivity contribution in [1.82, 2.24) is 14.7 Å². The third-order valence-corrected chi connectivity index (χ3v) is 5.12. The molecule has 1 N–H and O–H groups in total. The molecule has 3 nitrogen and oxygen atoms in total. The number of likely N-dealkylation sites (N-methyl/N-ethyl adjacent to an activating group) is 1. The molecule has 2 aromatic rings. The summed E-state index contributed by atoms with van der Waals surface area (Å²) in [6.07, 6.45) is 11.0. The van der Waals surface area contributed by atoms with Crippen LogP contribution in [0.4, 0.5) is 0 Å². The van der Waals surface area contributed by atoms with Crippen molar-refractivity contribution in [2.75, 3.05) is 13.6 Å². The van der Waals surface area contributed by atoms with Gasteiger partial charge in [-0.15, -0.1) is 11.3 Å². The first-order chi connectivity index (χ1) is 9.79. The largest absolute Gasteiger partial charge is 0.316 e. The van der Waals surface area contributed by atoms with Crippen molar-refractivity contribution in [3.05, 3.63) is 28.0 Å². The van der Waals surface area contributed by atoms with Gasteiger partial charge in [-0.05, 0) is 31.9 Å². The van der Waals surface area contributed by atoms with Gasteiger partial charge < -0.3 is 5.32 Å². The molecule has 108 valence electrons. The van der Waals surface area contributed by atoms with Crippen molar-refractivity contribution in [2.24, 2.45) is 5.92 Å². The van der Waals surface area contributed by atoms with E-state index in [1.807, 2.05) is 18.6 Å². The molecule has 0 aliphatic heterocycles. The Labute approximate surface area is 128 Å². The summed E-state index contributed by atoms with van der Waals surface area (Å²) < 4.78 is 2.09. The van der Waals surface area contributed by atoms with Crippen molar-refractivity contribution in [3.63, 3.8) is 0 Å². The first-order valence-electron chi connectivity index (χ1n) is 7.25. The van der Waals surface area contributed by atoms with E-state index >= 15 is 0 Å². The van der Waals surface area contributed by atoms with Crippen molar-refractivity contribution < 1.29 is 0 Å². The fraction of sp³-hybridized carbons (Fsp3) is 0.533. The molecule has 1 aliphatic carbocycles. The molecule has 2 aromatic heterocycles. The zero-order valence-corrected chi connectivity index (χ0v) is 13.3. The lowest BCUT2D eigenvalue weighted by atomic mass is 9.83. The molecule has 0 radical (unpaired) electrons. The molecule has 1 saturated carbocycles. The van der Waals surface area contributed by atoms with Crippen LogP contribution in [0.5, 0.6) is 0 Å². The lowest BCUT2D eigenvalue weighted by molar-refractivity contribution is 0.398. The molecule has 0 atom stereocenters. The van der Waals surface area contributed by atoms with Crippen LogP contribution in [0.1, 0.15) is 37.8 Å². The Kier molecular flexibility index (Phi) is 4.44. The average molecular weight is 310 g/mol. The smallest absolute Gasteiger partial charge is 0.195 e. The second kappa shape index (κ2) is 6.29. The van der Waals surface area contributed by atoms with Gasteiger partial charge in [0.25, 0.3) is 0 Å². The highest BCUT2D eigenvalue weighted by atomic mass is 35.5. The monoisotopic (exact) mass is 309 g/mol. The SMILES string of the molecule is CNC/C(=C/c1c(Cl)nc2sccn12)C1CCCCC1. The summed E-state index contributed by atoms with van der Waals surface area (Å²) in [6.45, 7) is 0.929.